The first-order valence-electron chi connectivity index (χ1n) is 21.7. The molecule has 10 aromatic rings. The van der Waals surface area contributed by atoms with E-state index >= 15 is 0 Å². The second kappa shape index (κ2) is 13.8. The number of nitrogens with zero attached hydrogens (tertiary/aromatic N) is 1. The van der Waals surface area contributed by atoms with Gasteiger partial charge in [-0.15, -0.1) is 11.3 Å². The lowest BCUT2D eigenvalue weighted by Crippen LogP contribution is -2.28. The van der Waals surface area contributed by atoms with Gasteiger partial charge < -0.3 is 4.90 Å². The van der Waals surface area contributed by atoms with Gasteiger partial charge in [0.2, 0.25) is 0 Å². The lowest BCUT2D eigenvalue weighted by molar-refractivity contribution is 0.660. The van der Waals surface area contributed by atoms with E-state index in [0.717, 1.165) is 17.1 Å². The van der Waals surface area contributed by atoms with Crippen LogP contribution in [0, 0.1) is 13.8 Å². The summed E-state index contributed by atoms with van der Waals surface area (Å²) in [7, 11) is 0. The molecule has 1 heterocycles. The van der Waals surface area contributed by atoms with Crippen molar-refractivity contribution in [1.29, 1.82) is 0 Å². The van der Waals surface area contributed by atoms with E-state index < -0.39 is 5.41 Å². The Morgan fingerprint density at radius 1 is 0.371 bits per heavy atom. The average Bonchev–Trinajstić information content (AvgIpc) is 3.90. The fourth-order valence-corrected chi connectivity index (χ4v) is 12.0. The van der Waals surface area contributed by atoms with Crippen LogP contribution in [-0.4, -0.2) is 0 Å². The molecule has 0 N–H and O–H groups in total. The van der Waals surface area contributed by atoms with Crippen LogP contribution in [-0.2, 0) is 10.8 Å². The highest BCUT2D eigenvalue weighted by molar-refractivity contribution is 7.25. The Bertz CT molecular complexity index is 3350. The molecule has 1 aromatic heterocycles. The minimum absolute atomic E-state index is 0.125. The average molecular weight is 812 g/mol. The Balaban J connectivity index is 1.05. The number of hydrogen-bond donors (Lipinski definition) is 0. The highest BCUT2D eigenvalue weighted by Gasteiger charge is 2.46. The Hall–Kier alpha value is -7.00. The lowest BCUT2D eigenvalue weighted by atomic mass is 9.67. The molecule has 2 aliphatic carbocycles. The normalized spacial score (nSPS) is 14.1. The maximum atomic E-state index is 2.48. The Morgan fingerprint density at radius 2 is 0.952 bits per heavy atom. The maximum Gasteiger partial charge on any atom is 0.0713 e. The predicted octanol–water partition coefficient (Wildman–Crippen LogP) is 16.5. The smallest absolute Gasteiger partial charge is 0.0713 e. The van der Waals surface area contributed by atoms with Crippen molar-refractivity contribution in [2.24, 2.45) is 0 Å². The Labute approximate surface area is 368 Å². The Kier molecular flexibility index (Phi) is 8.17. The molecule has 62 heavy (non-hydrogen) atoms. The van der Waals surface area contributed by atoms with Gasteiger partial charge in [0.15, 0.2) is 0 Å². The van der Waals surface area contributed by atoms with E-state index in [0.29, 0.717) is 0 Å². The summed E-state index contributed by atoms with van der Waals surface area (Å²) in [5.41, 5.74) is 21.1. The van der Waals surface area contributed by atoms with Crippen molar-refractivity contribution < 1.29 is 0 Å². The van der Waals surface area contributed by atoms with E-state index in [1.165, 1.54) is 98.1 Å². The summed E-state index contributed by atoms with van der Waals surface area (Å²) in [6.45, 7) is 9.25. The summed E-state index contributed by atoms with van der Waals surface area (Å²) >= 11 is 1.87. The molecule has 0 aliphatic heterocycles. The maximum absolute atomic E-state index is 2.48. The first-order valence-corrected chi connectivity index (χ1v) is 22.6. The molecule has 0 saturated heterocycles. The van der Waals surface area contributed by atoms with Crippen LogP contribution in [0.1, 0.15) is 58.4 Å². The van der Waals surface area contributed by atoms with Crippen LogP contribution in [0.5, 0.6) is 0 Å². The third kappa shape index (κ3) is 5.33. The fraction of sp³-hybridized carbons (Fsp3) is 0.100. The van der Waals surface area contributed by atoms with Crippen LogP contribution in [0.2, 0.25) is 0 Å². The minimum Gasteiger partial charge on any atom is -0.310 e. The van der Waals surface area contributed by atoms with E-state index in [1.54, 1.807) is 0 Å². The van der Waals surface area contributed by atoms with Crippen molar-refractivity contribution in [2.75, 3.05) is 4.90 Å². The summed E-state index contributed by atoms with van der Waals surface area (Å²) in [5, 5.41) is 2.66. The van der Waals surface area contributed by atoms with E-state index in [4.69, 9.17) is 0 Å². The molecular formula is C60H45NS. The molecule has 0 fully saturated rings. The molecule has 0 spiro atoms. The first-order chi connectivity index (χ1) is 30.3. The van der Waals surface area contributed by atoms with Crippen molar-refractivity contribution >= 4 is 48.6 Å². The van der Waals surface area contributed by atoms with Gasteiger partial charge in [0, 0.05) is 42.6 Å². The molecule has 296 valence electrons. The van der Waals surface area contributed by atoms with Crippen LogP contribution >= 0.6 is 11.3 Å². The zero-order valence-electron chi connectivity index (χ0n) is 35.4. The van der Waals surface area contributed by atoms with Gasteiger partial charge in [0.1, 0.15) is 0 Å². The van der Waals surface area contributed by atoms with Gasteiger partial charge in [0.05, 0.1) is 5.41 Å². The van der Waals surface area contributed by atoms with E-state index in [1.807, 2.05) is 11.3 Å². The molecule has 0 atom stereocenters. The van der Waals surface area contributed by atoms with Crippen LogP contribution in [0.3, 0.4) is 0 Å². The zero-order chi connectivity index (χ0) is 41.7. The molecule has 9 aromatic carbocycles. The molecular weight excluding hydrogens is 767 g/mol. The molecule has 0 unspecified atom stereocenters. The number of rotatable bonds is 6. The van der Waals surface area contributed by atoms with Crippen molar-refractivity contribution in [3.63, 3.8) is 0 Å². The van der Waals surface area contributed by atoms with E-state index in [2.05, 4.69) is 233 Å². The van der Waals surface area contributed by atoms with Crippen LogP contribution in [0.15, 0.2) is 200 Å². The first kappa shape index (κ1) is 36.8. The fourth-order valence-electron chi connectivity index (χ4n) is 10.9. The summed E-state index contributed by atoms with van der Waals surface area (Å²) in [5.74, 6) is 0. The number of thiophene rings is 1. The lowest BCUT2D eigenvalue weighted by Gasteiger charge is -2.34. The number of hydrogen-bond acceptors (Lipinski definition) is 2. The highest BCUT2D eigenvalue weighted by atomic mass is 32.1. The summed E-state index contributed by atoms with van der Waals surface area (Å²) in [6.07, 6.45) is 0. The largest absolute Gasteiger partial charge is 0.310 e. The second-order valence-corrected chi connectivity index (χ2v) is 18.9. The van der Waals surface area contributed by atoms with Crippen molar-refractivity contribution in [1.82, 2.24) is 0 Å². The summed E-state index contributed by atoms with van der Waals surface area (Å²) in [6, 6.07) is 75.3. The van der Waals surface area contributed by atoms with Gasteiger partial charge in [-0.2, -0.15) is 0 Å². The van der Waals surface area contributed by atoms with Gasteiger partial charge >= 0.3 is 0 Å². The van der Waals surface area contributed by atoms with Gasteiger partial charge in [-0.05, 0) is 140 Å². The minimum atomic E-state index is -0.463. The summed E-state index contributed by atoms with van der Waals surface area (Å²) < 4.78 is 2.65. The molecule has 0 radical (unpaired) electrons. The van der Waals surface area contributed by atoms with Gasteiger partial charge in [-0.1, -0.05) is 166 Å². The van der Waals surface area contributed by atoms with Gasteiger partial charge in [0.25, 0.3) is 0 Å². The quantitative estimate of drug-likeness (QED) is 0.162. The standard InChI is InChI=1S/C60H45NS/c1-38-33-51-52-36-45(29-32-54(52)60(56(51)34-39(38)2,42-15-7-5-8-16-42)43-17-9-6-10-18-43)61(46-28-31-48-47-19-11-13-21-53(47)59(3,4)55(48)37-46)44-26-23-40(24-27-44)41-25-30-50-49-20-12-14-22-57(49)62-58(50)35-41/h5-37H,1-4H3. The number of aryl methyl sites for hydroxylation is 2. The number of fused-ring (bicyclic) bond motifs is 9. The van der Waals surface area contributed by atoms with Crippen LogP contribution in [0.25, 0.3) is 53.6 Å². The Morgan fingerprint density at radius 3 is 1.73 bits per heavy atom. The predicted molar refractivity (Wildman–Crippen MR) is 264 cm³/mol. The second-order valence-electron chi connectivity index (χ2n) is 17.8. The van der Waals surface area contributed by atoms with Crippen molar-refractivity contribution in [3.05, 3.63) is 245 Å². The monoisotopic (exact) mass is 811 g/mol. The molecule has 0 amide bonds. The van der Waals surface area contributed by atoms with E-state index in [-0.39, 0.29) is 5.41 Å². The highest BCUT2D eigenvalue weighted by Crippen LogP contribution is 2.58. The third-order valence-electron chi connectivity index (χ3n) is 14.1. The molecule has 0 bridgehead atoms. The third-order valence-corrected chi connectivity index (χ3v) is 15.2. The van der Waals surface area contributed by atoms with Crippen LogP contribution < -0.4 is 4.90 Å². The molecule has 1 nitrogen and oxygen atoms in total. The number of benzene rings is 9. The number of anilines is 3. The molecule has 2 heteroatoms. The summed E-state index contributed by atoms with van der Waals surface area (Å²) in [4.78, 5) is 2.48. The van der Waals surface area contributed by atoms with Gasteiger partial charge in [-0.3, -0.25) is 0 Å². The topological polar surface area (TPSA) is 3.24 Å². The molecule has 12 rings (SSSR count). The van der Waals surface area contributed by atoms with Crippen LogP contribution in [0.4, 0.5) is 17.1 Å². The SMILES string of the molecule is Cc1cc2c(cc1C)C(c1ccccc1)(c1ccccc1)c1ccc(N(c3ccc(-c4ccc5c(c4)sc4ccccc45)cc3)c3ccc4c(c3)C(C)(C)c3ccccc3-4)cc1-2. The van der Waals surface area contributed by atoms with E-state index in [9.17, 15) is 0 Å². The molecule has 2 aliphatic rings. The zero-order valence-corrected chi connectivity index (χ0v) is 36.2. The molecule has 0 saturated carbocycles. The van der Waals surface area contributed by atoms with Gasteiger partial charge in [-0.25, -0.2) is 0 Å². The van der Waals surface area contributed by atoms with Crippen molar-refractivity contribution in [3.8, 4) is 33.4 Å². The van der Waals surface area contributed by atoms with Crippen molar-refractivity contribution in [2.45, 2.75) is 38.5 Å².